The minimum atomic E-state index is 1.12. The summed E-state index contributed by atoms with van der Waals surface area (Å²) >= 11 is 7.56. The lowest BCUT2D eigenvalue weighted by molar-refractivity contribution is 0.666. The highest BCUT2D eigenvalue weighted by atomic mass is 32.2. The standard InChI is InChI=1S/C27H36S4/c1-5-7-9-11-13-22-17-25(30-21(22)4)27-23(14-12-10-8-6-2)18-24(31-27)26-19-28-16-15-20(3)29-26/h15-19H,3,5-14H2,1-2,4H3. The summed E-state index contributed by atoms with van der Waals surface area (Å²) in [4.78, 5) is 8.37. The first-order chi connectivity index (χ1) is 15.1. The van der Waals surface area contributed by atoms with E-state index in [4.69, 9.17) is 0 Å². The van der Waals surface area contributed by atoms with E-state index in [-0.39, 0.29) is 0 Å². The average molecular weight is 489 g/mol. The van der Waals surface area contributed by atoms with Crippen LogP contribution in [0, 0.1) is 6.92 Å². The molecule has 1 aliphatic rings. The van der Waals surface area contributed by atoms with Crippen molar-refractivity contribution < 1.29 is 0 Å². The van der Waals surface area contributed by atoms with E-state index >= 15 is 0 Å². The summed E-state index contributed by atoms with van der Waals surface area (Å²) in [5, 5.41) is 4.42. The number of unbranched alkanes of at least 4 members (excludes halogenated alkanes) is 6. The lowest BCUT2D eigenvalue weighted by Gasteiger charge is -2.02. The van der Waals surface area contributed by atoms with Crippen LogP contribution in [0.4, 0.5) is 0 Å². The van der Waals surface area contributed by atoms with Gasteiger partial charge in [0.15, 0.2) is 0 Å². The Hall–Kier alpha value is -0.680. The van der Waals surface area contributed by atoms with Crippen LogP contribution in [0.1, 0.15) is 86.1 Å². The molecule has 0 nitrogen and oxygen atoms in total. The van der Waals surface area contributed by atoms with E-state index in [1.807, 2.05) is 22.7 Å². The summed E-state index contributed by atoms with van der Waals surface area (Å²) in [7, 11) is 0. The zero-order valence-corrected chi connectivity index (χ0v) is 22.6. The first kappa shape index (κ1) is 25.0. The van der Waals surface area contributed by atoms with Gasteiger partial charge in [-0.2, -0.15) is 0 Å². The summed E-state index contributed by atoms with van der Waals surface area (Å²) in [5.74, 6) is 0. The Morgan fingerprint density at radius 2 is 1.48 bits per heavy atom. The fourth-order valence-corrected chi connectivity index (χ4v) is 8.08. The van der Waals surface area contributed by atoms with Gasteiger partial charge in [0, 0.05) is 29.3 Å². The molecule has 0 radical (unpaired) electrons. The number of rotatable bonds is 12. The van der Waals surface area contributed by atoms with E-state index in [1.165, 1.54) is 88.6 Å². The van der Waals surface area contributed by atoms with Crippen molar-refractivity contribution >= 4 is 51.1 Å². The summed E-state index contributed by atoms with van der Waals surface area (Å²) in [5.41, 5.74) is 3.11. The SMILES string of the molecule is C=C1C=CSC=C(c2cc(CCCCCC)c(-c3cc(CCCCCC)c(C)s3)s2)S1. The molecule has 0 aromatic carbocycles. The Morgan fingerprint density at radius 3 is 2.19 bits per heavy atom. The van der Waals surface area contributed by atoms with Crippen LogP contribution in [0.5, 0.6) is 0 Å². The number of hydrogen-bond acceptors (Lipinski definition) is 4. The Labute approximate surface area is 206 Å². The molecular weight excluding hydrogens is 453 g/mol. The maximum absolute atomic E-state index is 4.19. The van der Waals surface area contributed by atoms with Crippen LogP contribution in [0.15, 0.2) is 40.5 Å². The summed E-state index contributed by atoms with van der Waals surface area (Å²) < 4.78 is 0. The molecule has 0 fully saturated rings. The van der Waals surface area contributed by atoms with Gasteiger partial charge in [0.05, 0.1) is 0 Å². The molecule has 0 spiro atoms. The maximum Gasteiger partial charge on any atom is 0.0481 e. The number of allylic oxidation sites excluding steroid dienone is 1. The predicted octanol–water partition coefficient (Wildman–Crippen LogP) is 10.8. The lowest BCUT2D eigenvalue weighted by Crippen LogP contribution is -1.86. The molecule has 31 heavy (non-hydrogen) atoms. The van der Waals surface area contributed by atoms with Gasteiger partial charge in [0.1, 0.15) is 0 Å². The average Bonchev–Trinajstić information content (AvgIpc) is 3.27. The Balaban J connectivity index is 1.84. The molecule has 0 unspecified atom stereocenters. The monoisotopic (exact) mass is 488 g/mol. The topological polar surface area (TPSA) is 0 Å². The van der Waals surface area contributed by atoms with E-state index in [1.54, 1.807) is 34.7 Å². The molecule has 0 bridgehead atoms. The molecule has 0 amide bonds. The van der Waals surface area contributed by atoms with Crippen LogP contribution in [0.2, 0.25) is 0 Å². The Bertz CT molecular complexity index is 910. The third-order valence-corrected chi connectivity index (χ3v) is 10.0. The quantitative estimate of drug-likeness (QED) is 0.272. The van der Waals surface area contributed by atoms with Crippen molar-refractivity contribution in [3.05, 3.63) is 61.4 Å². The van der Waals surface area contributed by atoms with E-state index in [0.717, 1.165) is 4.91 Å². The fraction of sp³-hybridized carbons (Fsp3) is 0.481. The largest absolute Gasteiger partial charge is 0.139 e. The molecule has 0 saturated heterocycles. The zero-order chi connectivity index (χ0) is 22.1. The fourth-order valence-electron chi connectivity index (χ4n) is 3.83. The van der Waals surface area contributed by atoms with Gasteiger partial charge in [-0.3, -0.25) is 0 Å². The van der Waals surface area contributed by atoms with Gasteiger partial charge in [-0.15, -0.1) is 34.4 Å². The van der Waals surface area contributed by atoms with Gasteiger partial charge < -0.3 is 0 Å². The van der Waals surface area contributed by atoms with Crippen LogP contribution in [-0.4, -0.2) is 0 Å². The minimum Gasteiger partial charge on any atom is -0.139 e. The minimum absolute atomic E-state index is 1.12. The van der Waals surface area contributed by atoms with E-state index in [0.29, 0.717) is 0 Å². The normalized spacial score (nSPS) is 14.2. The van der Waals surface area contributed by atoms with Crippen LogP contribution in [-0.2, 0) is 12.8 Å². The van der Waals surface area contributed by atoms with Gasteiger partial charge in [0.25, 0.3) is 0 Å². The zero-order valence-electron chi connectivity index (χ0n) is 19.3. The third kappa shape index (κ3) is 7.42. The third-order valence-electron chi connectivity index (χ3n) is 5.64. The van der Waals surface area contributed by atoms with Crippen LogP contribution >= 0.6 is 46.2 Å². The lowest BCUT2D eigenvalue weighted by atomic mass is 10.0. The maximum atomic E-state index is 4.19. The highest BCUT2D eigenvalue weighted by Gasteiger charge is 2.18. The first-order valence-electron chi connectivity index (χ1n) is 11.7. The van der Waals surface area contributed by atoms with E-state index in [2.05, 4.69) is 56.4 Å². The summed E-state index contributed by atoms with van der Waals surface area (Å²) in [6.45, 7) is 11.1. The molecule has 168 valence electrons. The van der Waals surface area contributed by atoms with Gasteiger partial charge in [-0.1, -0.05) is 70.7 Å². The predicted molar refractivity (Wildman–Crippen MR) is 149 cm³/mol. The molecule has 3 heterocycles. The molecule has 0 atom stereocenters. The van der Waals surface area contributed by atoms with Crippen molar-refractivity contribution in [2.24, 2.45) is 0 Å². The van der Waals surface area contributed by atoms with Crippen LogP contribution in [0.3, 0.4) is 0 Å². The van der Waals surface area contributed by atoms with Crippen LogP contribution in [0.25, 0.3) is 14.7 Å². The second kappa shape index (κ2) is 13.1. The van der Waals surface area contributed by atoms with Crippen molar-refractivity contribution in [3.8, 4) is 9.75 Å². The molecule has 2 aromatic heterocycles. The van der Waals surface area contributed by atoms with Crippen molar-refractivity contribution in [3.63, 3.8) is 0 Å². The summed E-state index contributed by atoms with van der Waals surface area (Å²) in [6, 6.07) is 4.97. The molecule has 3 rings (SSSR count). The van der Waals surface area contributed by atoms with Crippen molar-refractivity contribution in [1.29, 1.82) is 0 Å². The van der Waals surface area contributed by atoms with Gasteiger partial charge >= 0.3 is 0 Å². The Kier molecular flexibility index (Phi) is 10.6. The Morgan fingerprint density at radius 1 is 0.806 bits per heavy atom. The molecule has 0 aliphatic carbocycles. The highest BCUT2D eigenvalue weighted by molar-refractivity contribution is 8.14. The molecule has 1 aliphatic heterocycles. The van der Waals surface area contributed by atoms with Gasteiger partial charge in [-0.05, 0) is 72.8 Å². The first-order valence-corrected chi connectivity index (χ1v) is 15.1. The van der Waals surface area contributed by atoms with Crippen molar-refractivity contribution in [1.82, 2.24) is 0 Å². The molecule has 2 aromatic rings. The van der Waals surface area contributed by atoms with E-state index < -0.39 is 0 Å². The van der Waals surface area contributed by atoms with Gasteiger partial charge in [0.2, 0.25) is 0 Å². The van der Waals surface area contributed by atoms with Crippen LogP contribution < -0.4 is 0 Å². The number of hydrogen-bond donors (Lipinski definition) is 0. The summed E-state index contributed by atoms with van der Waals surface area (Å²) in [6.07, 6.45) is 15.1. The smallest absolute Gasteiger partial charge is 0.0481 e. The molecule has 0 N–H and O–H groups in total. The number of thioether (sulfide) groups is 2. The number of aryl methyl sites for hydroxylation is 3. The van der Waals surface area contributed by atoms with Gasteiger partial charge in [-0.25, -0.2) is 0 Å². The highest BCUT2D eigenvalue weighted by Crippen LogP contribution is 2.46. The second-order valence-corrected chi connectivity index (χ2v) is 12.5. The van der Waals surface area contributed by atoms with E-state index in [9.17, 15) is 0 Å². The van der Waals surface area contributed by atoms with Crippen molar-refractivity contribution in [2.75, 3.05) is 0 Å². The van der Waals surface area contributed by atoms with Crippen molar-refractivity contribution in [2.45, 2.75) is 85.0 Å². The molecular formula is C27H36S4. The number of thiophene rings is 2. The molecule has 0 saturated carbocycles. The second-order valence-electron chi connectivity index (χ2n) is 8.27. The molecule has 4 heteroatoms.